The zero-order chi connectivity index (χ0) is 9.90. The molecule has 0 radical (unpaired) electrons. The summed E-state index contributed by atoms with van der Waals surface area (Å²) >= 11 is 0. The molecule has 3 nitrogen and oxygen atoms in total. The summed E-state index contributed by atoms with van der Waals surface area (Å²) in [7, 11) is 0. The van der Waals surface area contributed by atoms with Crippen LogP contribution in [-0.2, 0) is 0 Å². The van der Waals surface area contributed by atoms with E-state index < -0.39 is 5.54 Å². The second-order valence-electron chi connectivity index (χ2n) is 3.46. The van der Waals surface area contributed by atoms with E-state index in [1.807, 2.05) is 20.8 Å². The summed E-state index contributed by atoms with van der Waals surface area (Å²) in [6.45, 7) is 6.43. The van der Waals surface area contributed by atoms with E-state index in [0.717, 1.165) is 6.54 Å². The van der Waals surface area contributed by atoms with E-state index in [4.69, 9.17) is 4.42 Å². The van der Waals surface area contributed by atoms with Crippen LogP contribution in [0, 0.1) is 0 Å². The van der Waals surface area contributed by atoms with E-state index in [2.05, 4.69) is 5.32 Å². The van der Waals surface area contributed by atoms with Crippen molar-refractivity contribution in [1.29, 1.82) is 0 Å². The minimum absolute atomic E-state index is 0. The van der Waals surface area contributed by atoms with Crippen LogP contribution in [0.1, 0.15) is 31.3 Å². The highest BCUT2D eigenvalue weighted by Crippen LogP contribution is 2.12. The number of halogens is 1. The van der Waals surface area contributed by atoms with Crippen molar-refractivity contribution in [3.8, 4) is 0 Å². The third kappa shape index (κ3) is 2.86. The van der Waals surface area contributed by atoms with Crippen LogP contribution in [0.15, 0.2) is 22.8 Å². The molecule has 1 aromatic heterocycles. The van der Waals surface area contributed by atoms with Gasteiger partial charge in [-0.2, -0.15) is 0 Å². The number of hydrogen-bond acceptors (Lipinski definition) is 3. The van der Waals surface area contributed by atoms with Crippen LogP contribution in [0.3, 0.4) is 0 Å². The van der Waals surface area contributed by atoms with Gasteiger partial charge < -0.3 is 9.73 Å². The Kier molecular flexibility index (Phi) is 4.88. The molecule has 0 unspecified atom stereocenters. The first-order chi connectivity index (χ1) is 6.08. The largest absolute Gasteiger partial charge is 0.461 e. The fourth-order valence-electron chi connectivity index (χ4n) is 1.24. The third-order valence-corrected chi connectivity index (χ3v) is 1.93. The molecule has 0 amide bonds. The van der Waals surface area contributed by atoms with Crippen molar-refractivity contribution in [3.63, 3.8) is 0 Å². The standard InChI is InChI=1S/C10H15NO2.ClH/c1-4-11-10(2,3)9(12)8-6-5-7-13-8;/h5-7,11H,4H2,1-3H3;1H. The van der Waals surface area contributed by atoms with Crippen LogP contribution in [0.25, 0.3) is 0 Å². The number of hydrogen-bond donors (Lipinski definition) is 1. The highest BCUT2D eigenvalue weighted by Gasteiger charge is 2.28. The fraction of sp³-hybridized carbons (Fsp3) is 0.500. The van der Waals surface area contributed by atoms with Crippen LogP contribution < -0.4 is 5.32 Å². The highest BCUT2D eigenvalue weighted by molar-refractivity contribution is 6.00. The number of likely N-dealkylation sites (N-methyl/N-ethyl adjacent to an activating group) is 1. The molecule has 4 heteroatoms. The molecule has 0 aliphatic rings. The number of ketones is 1. The fourth-order valence-corrected chi connectivity index (χ4v) is 1.24. The van der Waals surface area contributed by atoms with E-state index in [-0.39, 0.29) is 18.2 Å². The molecule has 14 heavy (non-hydrogen) atoms. The van der Waals surface area contributed by atoms with Crippen molar-refractivity contribution in [2.45, 2.75) is 26.3 Å². The van der Waals surface area contributed by atoms with Gasteiger partial charge in [-0.25, -0.2) is 0 Å². The van der Waals surface area contributed by atoms with Crippen molar-refractivity contribution < 1.29 is 9.21 Å². The van der Waals surface area contributed by atoms with Crippen molar-refractivity contribution in [1.82, 2.24) is 5.32 Å². The van der Waals surface area contributed by atoms with Crippen LogP contribution in [0.4, 0.5) is 0 Å². The zero-order valence-corrected chi connectivity index (χ0v) is 9.48. The Morgan fingerprint density at radius 2 is 2.21 bits per heavy atom. The minimum Gasteiger partial charge on any atom is -0.461 e. The Bertz CT molecular complexity index is 280. The van der Waals surface area contributed by atoms with Gasteiger partial charge in [0.1, 0.15) is 0 Å². The van der Waals surface area contributed by atoms with Crippen LogP contribution in [0.2, 0.25) is 0 Å². The normalized spacial score (nSPS) is 10.8. The molecule has 0 bridgehead atoms. The van der Waals surface area contributed by atoms with Crippen molar-refractivity contribution in [2.75, 3.05) is 6.54 Å². The Morgan fingerprint density at radius 1 is 1.57 bits per heavy atom. The number of furan rings is 1. The topological polar surface area (TPSA) is 42.2 Å². The SMILES string of the molecule is CCNC(C)(C)C(=O)c1ccco1.Cl. The van der Waals surface area contributed by atoms with Crippen molar-refractivity contribution >= 4 is 18.2 Å². The molecule has 0 fully saturated rings. The second kappa shape index (κ2) is 5.17. The lowest BCUT2D eigenvalue weighted by Gasteiger charge is -2.22. The third-order valence-electron chi connectivity index (χ3n) is 1.93. The molecule has 80 valence electrons. The lowest BCUT2D eigenvalue weighted by molar-refractivity contribution is 0.0855. The van der Waals surface area contributed by atoms with Gasteiger partial charge >= 0.3 is 0 Å². The van der Waals surface area contributed by atoms with Gasteiger partial charge in [0, 0.05) is 0 Å². The predicted octanol–water partition coefficient (Wildman–Crippen LogP) is 2.27. The summed E-state index contributed by atoms with van der Waals surface area (Å²) < 4.78 is 5.04. The molecule has 1 rings (SSSR count). The minimum atomic E-state index is -0.549. The average molecular weight is 218 g/mol. The van der Waals surface area contributed by atoms with E-state index >= 15 is 0 Å². The summed E-state index contributed by atoms with van der Waals surface area (Å²) in [4.78, 5) is 11.8. The summed E-state index contributed by atoms with van der Waals surface area (Å²) in [5.41, 5.74) is -0.549. The molecule has 1 aromatic rings. The molecule has 0 aromatic carbocycles. The summed E-state index contributed by atoms with van der Waals surface area (Å²) in [6, 6.07) is 3.40. The first-order valence-electron chi connectivity index (χ1n) is 4.41. The maximum atomic E-state index is 11.8. The van der Waals surface area contributed by atoms with Gasteiger partial charge in [0.15, 0.2) is 5.76 Å². The zero-order valence-electron chi connectivity index (χ0n) is 8.66. The Hall–Kier alpha value is -0.800. The molecule has 0 aliphatic carbocycles. The van der Waals surface area contributed by atoms with E-state index in [1.165, 1.54) is 6.26 Å². The Morgan fingerprint density at radius 3 is 2.64 bits per heavy atom. The van der Waals surface area contributed by atoms with Gasteiger partial charge in [0.2, 0.25) is 5.78 Å². The highest BCUT2D eigenvalue weighted by atomic mass is 35.5. The first kappa shape index (κ1) is 13.2. The van der Waals surface area contributed by atoms with Crippen LogP contribution in [-0.4, -0.2) is 17.9 Å². The number of carbonyl (C=O) groups is 1. The summed E-state index contributed by atoms with van der Waals surface area (Å²) in [5.74, 6) is 0.394. The van der Waals surface area contributed by atoms with Gasteiger partial charge in [-0.1, -0.05) is 6.92 Å². The van der Waals surface area contributed by atoms with Gasteiger partial charge in [-0.15, -0.1) is 12.4 Å². The predicted molar refractivity (Wildman–Crippen MR) is 58.0 cm³/mol. The molecule has 0 saturated carbocycles. The number of Topliss-reactive ketones (excluding diaryl/α,β-unsaturated/α-hetero) is 1. The Labute approximate surface area is 90.3 Å². The molecule has 0 aliphatic heterocycles. The van der Waals surface area contributed by atoms with Crippen LogP contribution in [0.5, 0.6) is 0 Å². The van der Waals surface area contributed by atoms with Gasteiger partial charge in [0.05, 0.1) is 11.8 Å². The molecule has 1 N–H and O–H groups in total. The maximum absolute atomic E-state index is 11.8. The van der Waals surface area contributed by atoms with E-state index in [9.17, 15) is 4.79 Å². The van der Waals surface area contributed by atoms with Crippen LogP contribution >= 0.6 is 12.4 Å². The lowest BCUT2D eigenvalue weighted by atomic mass is 9.97. The molecule has 0 spiro atoms. The second-order valence-corrected chi connectivity index (χ2v) is 3.46. The van der Waals surface area contributed by atoms with E-state index in [0.29, 0.717) is 5.76 Å². The number of nitrogens with one attached hydrogen (secondary N) is 1. The quantitative estimate of drug-likeness (QED) is 0.787. The van der Waals surface area contributed by atoms with Crippen molar-refractivity contribution in [2.24, 2.45) is 0 Å². The van der Waals surface area contributed by atoms with Crippen molar-refractivity contribution in [3.05, 3.63) is 24.2 Å². The summed E-state index contributed by atoms with van der Waals surface area (Å²) in [5, 5.41) is 3.10. The molecular formula is C10H16ClNO2. The Balaban J connectivity index is 0.00000169. The van der Waals surface area contributed by atoms with Gasteiger partial charge in [-0.05, 0) is 32.5 Å². The number of rotatable bonds is 4. The average Bonchev–Trinajstić information content (AvgIpc) is 2.54. The molecular weight excluding hydrogens is 202 g/mol. The van der Waals surface area contributed by atoms with E-state index in [1.54, 1.807) is 12.1 Å². The molecule has 1 heterocycles. The monoisotopic (exact) mass is 217 g/mol. The maximum Gasteiger partial charge on any atom is 0.217 e. The summed E-state index contributed by atoms with van der Waals surface area (Å²) in [6.07, 6.45) is 1.51. The smallest absolute Gasteiger partial charge is 0.217 e. The molecule has 0 saturated heterocycles. The van der Waals surface area contributed by atoms with Gasteiger partial charge in [-0.3, -0.25) is 4.79 Å². The number of carbonyl (C=O) groups excluding carboxylic acids is 1. The lowest BCUT2D eigenvalue weighted by Crippen LogP contribution is -2.46. The van der Waals surface area contributed by atoms with Gasteiger partial charge in [0.25, 0.3) is 0 Å². The molecule has 0 atom stereocenters. The first-order valence-corrected chi connectivity index (χ1v) is 4.41.